The van der Waals surface area contributed by atoms with E-state index in [0.717, 1.165) is 48.6 Å². The molecule has 0 amide bonds. The molecule has 1 fully saturated rings. The van der Waals surface area contributed by atoms with Gasteiger partial charge < -0.3 is 15.2 Å². The van der Waals surface area contributed by atoms with Gasteiger partial charge in [0.25, 0.3) is 0 Å². The van der Waals surface area contributed by atoms with Crippen LogP contribution in [0.4, 0.5) is 0 Å². The number of aryl methyl sites for hydroxylation is 1. The Morgan fingerprint density at radius 2 is 2.10 bits per heavy atom. The summed E-state index contributed by atoms with van der Waals surface area (Å²) in [6.45, 7) is 7.21. The van der Waals surface area contributed by atoms with Gasteiger partial charge in [0.15, 0.2) is 0 Å². The fourth-order valence-corrected chi connectivity index (χ4v) is 4.59. The van der Waals surface area contributed by atoms with Gasteiger partial charge >= 0.3 is 0 Å². The first-order valence-electron chi connectivity index (χ1n) is 11.4. The maximum atomic E-state index is 7.79. The third-order valence-electron chi connectivity index (χ3n) is 6.52. The number of hydrogen-bond donors (Lipinski definition) is 2. The van der Waals surface area contributed by atoms with E-state index in [1.165, 1.54) is 18.4 Å². The van der Waals surface area contributed by atoms with Gasteiger partial charge in [-0.05, 0) is 49.0 Å². The highest BCUT2D eigenvalue weighted by Gasteiger charge is 2.35. The summed E-state index contributed by atoms with van der Waals surface area (Å²) in [6.07, 6.45) is 14.9. The molecule has 1 atom stereocenters. The highest BCUT2D eigenvalue weighted by molar-refractivity contribution is 5.98. The summed E-state index contributed by atoms with van der Waals surface area (Å²) in [5.41, 5.74) is 9.89. The largest absolute Gasteiger partial charge is 0.384 e. The molecule has 1 saturated carbocycles. The number of hydrogen-bond acceptors (Lipinski definition) is 4. The van der Waals surface area contributed by atoms with Gasteiger partial charge in [-0.25, -0.2) is 4.98 Å². The second-order valence-electron chi connectivity index (χ2n) is 9.43. The number of nitrogens with two attached hydrogens (primary N) is 1. The maximum absolute atomic E-state index is 7.79. The van der Waals surface area contributed by atoms with Crippen LogP contribution in [0.2, 0.25) is 0 Å². The van der Waals surface area contributed by atoms with Crippen LogP contribution >= 0.6 is 0 Å². The van der Waals surface area contributed by atoms with E-state index in [4.69, 9.17) is 16.1 Å². The molecule has 0 spiro atoms. The molecule has 1 unspecified atom stereocenters. The molecule has 2 aliphatic carbocycles. The summed E-state index contributed by atoms with van der Waals surface area (Å²) >= 11 is 0. The monoisotopic (exact) mass is 416 g/mol. The van der Waals surface area contributed by atoms with Crippen LogP contribution in [-0.2, 0) is 13.1 Å². The average Bonchev–Trinajstić information content (AvgIpc) is 3.54. The van der Waals surface area contributed by atoms with Crippen molar-refractivity contribution in [2.75, 3.05) is 6.67 Å². The predicted octanol–water partition coefficient (Wildman–Crippen LogP) is 3.98. The zero-order valence-electron chi connectivity index (χ0n) is 18.5. The third-order valence-corrected chi connectivity index (χ3v) is 6.52. The van der Waals surface area contributed by atoms with Crippen LogP contribution in [0.3, 0.4) is 0 Å². The van der Waals surface area contributed by atoms with Crippen molar-refractivity contribution >= 4 is 16.9 Å². The number of aromatic nitrogens is 2. The van der Waals surface area contributed by atoms with E-state index in [-0.39, 0.29) is 5.84 Å². The Hall–Kier alpha value is -2.86. The Kier molecular flexibility index (Phi) is 5.18. The van der Waals surface area contributed by atoms with Gasteiger partial charge in [-0.2, -0.15) is 0 Å². The van der Waals surface area contributed by atoms with Gasteiger partial charge in [0, 0.05) is 24.4 Å². The molecule has 3 aliphatic rings. The lowest BCUT2D eigenvalue weighted by atomic mass is 9.99. The highest BCUT2D eigenvalue weighted by atomic mass is 15.4. The van der Waals surface area contributed by atoms with Gasteiger partial charge in [0.2, 0.25) is 0 Å². The van der Waals surface area contributed by atoms with Crippen molar-refractivity contribution in [1.82, 2.24) is 19.4 Å². The van der Waals surface area contributed by atoms with E-state index in [9.17, 15) is 0 Å². The molecule has 1 aliphatic heterocycles. The average molecular weight is 417 g/mol. The number of rotatable bonds is 7. The number of nitrogen functional groups attached to an aromatic ring is 1. The second-order valence-corrected chi connectivity index (χ2v) is 9.43. The Morgan fingerprint density at radius 3 is 2.84 bits per heavy atom. The molecule has 31 heavy (non-hydrogen) atoms. The minimum Gasteiger partial charge on any atom is -0.384 e. The van der Waals surface area contributed by atoms with Crippen molar-refractivity contribution in [2.45, 2.75) is 58.3 Å². The van der Waals surface area contributed by atoms with Crippen molar-refractivity contribution in [2.24, 2.45) is 11.7 Å². The lowest BCUT2D eigenvalue weighted by Crippen LogP contribution is -2.47. The summed E-state index contributed by atoms with van der Waals surface area (Å²) in [5, 5.41) is 7.79. The smallest absolute Gasteiger partial charge is 0.124 e. The minimum atomic E-state index is 0.0881. The summed E-state index contributed by atoms with van der Waals surface area (Å²) in [6, 6.07) is 6.95. The lowest BCUT2D eigenvalue weighted by molar-refractivity contribution is 0.120. The first-order chi connectivity index (χ1) is 15.0. The van der Waals surface area contributed by atoms with Crippen molar-refractivity contribution in [3.8, 4) is 0 Å². The van der Waals surface area contributed by atoms with E-state index in [2.05, 4.69) is 64.8 Å². The number of allylic oxidation sites excluding steroid dienone is 2. The second kappa shape index (κ2) is 8.00. The van der Waals surface area contributed by atoms with Crippen LogP contribution in [0.5, 0.6) is 0 Å². The molecule has 1 aromatic carbocycles. The number of amidine groups is 1. The molecule has 0 saturated heterocycles. The van der Waals surface area contributed by atoms with Crippen molar-refractivity contribution < 1.29 is 0 Å². The summed E-state index contributed by atoms with van der Waals surface area (Å²) < 4.78 is 2.38. The molecule has 0 bridgehead atoms. The predicted molar refractivity (Wildman–Crippen MR) is 126 cm³/mol. The van der Waals surface area contributed by atoms with Gasteiger partial charge in [0.1, 0.15) is 11.7 Å². The Balaban J connectivity index is 1.50. The zero-order valence-corrected chi connectivity index (χ0v) is 18.5. The number of imidazole rings is 1. The fraction of sp³-hybridized carbons (Fsp3) is 0.440. The standard InChI is InChI=1S/C25H32N6/c1-17(2)11-12-31-23-10-7-18(25(26)27)13-21(23)28-24(31)15-30-16-29(20-8-9-20)14-19-5-3-4-6-22(19)30/h3-7,10,13-14,17,20,22H,8-9,11-12,15-16H2,1-2H3,(H3,26,27). The van der Waals surface area contributed by atoms with Crippen LogP contribution < -0.4 is 5.73 Å². The topological polar surface area (TPSA) is 74.2 Å². The van der Waals surface area contributed by atoms with Gasteiger partial charge in [0.05, 0.1) is 30.3 Å². The lowest BCUT2D eigenvalue weighted by Gasteiger charge is -2.40. The summed E-state index contributed by atoms with van der Waals surface area (Å²) in [4.78, 5) is 10.1. The normalized spacial score (nSPS) is 21.1. The molecular weight excluding hydrogens is 384 g/mol. The Morgan fingerprint density at radius 1 is 1.26 bits per heavy atom. The van der Waals surface area contributed by atoms with E-state index in [1.807, 2.05) is 12.1 Å². The van der Waals surface area contributed by atoms with Crippen LogP contribution in [0, 0.1) is 11.3 Å². The first kappa shape index (κ1) is 20.1. The van der Waals surface area contributed by atoms with Crippen molar-refractivity contribution in [3.05, 3.63) is 65.7 Å². The first-order valence-corrected chi connectivity index (χ1v) is 11.4. The quantitative estimate of drug-likeness (QED) is 0.529. The van der Waals surface area contributed by atoms with Gasteiger partial charge in [-0.1, -0.05) is 38.2 Å². The Bertz CT molecular complexity index is 1080. The fourth-order valence-electron chi connectivity index (χ4n) is 4.59. The molecular formula is C25H32N6. The molecule has 6 heteroatoms. The van der Waals surface area contributed by atoms with Crippen molar-refractivity contribution in [3.63, 3.8) is 0 Å². The number of fused-ring (bicyclic) bond motifs is 2. The molecule has 2 heterocycles. The molecule has 6 nitrogen and oxygen atoms in total. The van der Waals surface area contributed by atoms with Crippen LogP contribution in [0.25, 0.3) is 11.0 Å². The Labute approximate surface area is 184 Å². The molecule has 2 aromatic rings. The molecule has 0 radical (unpaired) electrons. The van der Waals surface area contributed by atoms with Crippen LogP contribution in [0.15, 0.2) is 54.3 Å². The summed E-state index contributed by atoms with van der Waals surface area (Å²) in [5.74, 6) is 1.81. The molecule has 5 rings (SSSR count). The molecule has 162 valence electrons. The number of nitrogens with one attached hydrogen (secondary N) is 1. The van der Waals surface area contributed by atoms with E-state index >= 15 is 0 Å². The zero-order chi connectivity index (χ0) is 21.5. The molecule has 3 N–H and O–H groups in total. The highest BCUT2D eigenvalue weighted by Crippen LogP contribution is 2.34. The number of nitrogens with zero attached hydrogens (tertiary/aromatic N) is 4. The minimum absolute atomic E-state index is 0.0881. The van der Waals surface area contributed by atoms with Gasteiger partial charge in [-0.3, -0.25) is 10.3 Å². The van der Waals surface area contributed by atoms with Crippen molar-refractivity contribution in [1.29, 1.82) is 5.41 Å². The SMILES string of the molecule is CC(C)CCn1c(CN2CN(C3CC3)C=C3C=CC=CC32)nc2cc(C(=N)N)ccc21. The number of benzene rings is 1. The van der Waals surface area contributed by atoms with E-state index in [1.54, 1.807) is 0 Å². The van der Waals surface area contributed by atoms with E-state index in [0.29, 0.717) is 18.0 Å². The van der Waals surface area contributed by atoms with Gasteiger partial charge in [-0.15, -0.1) is 0 Å². The maximum Gasteiger partial charge on any atom is 0.124 e. The summed E-state index contributed by atoms with van der Waals surface area (Å²) in [7, 11) is 0. The van der Waals surface area contributed by atoms with Crippen LogP contribution in [0.1, 0.15) is 44.5 Å². The van der Waals surface area contributed by atoms with Crippen LogP contribution in [-0.4, -0.2) is 43.9 Å². The molecule has 1 aromatic heterocycles. The third kappa shape index (κ3) is 4.04. The van der Waals surface area contributed by atoms with E-state index < -0.39 is 0 Å².